The summed E-state index contributed by atoms with van der Waals surface area (Å²) in [5.74, 6) is 0.578. The Bertz CT molecular complexity index is 3210. The Hall–Kier alpha value is -7.43. The monoisotopic (exact) mass is 704 g/mol. The number of aromatic nitrogens is 1. The first-order chi connectivity index (χ1) is 27.2. The predicted octanol–water partition coefficient (Wildman–Crippen LogP) is 14.5. The minimum atomic E-state index is 0.578. The summed E-state index contributed by atoms with van der Waals surface area (Å²) in [6, 6.07) is 68.2. The second kappa shape index (κ2) is 12.6. The Kier molecular flexibility index (Phi) is 7.14. The standard InChI is InChI=1S/C51H32N2O2/c1-2-10-33(11-3-1)38-15-8-16-41(31-38)53(40-25-22-35(23-26-40)39-21-20-34-12-4-5-14-37(34)30-39)42-27-28-44-48(32-42)54-46-19-9-18-45(49(44)46)51-52-50-43-17-7-6-13-36(43)24-29-47(50)55-51/h1-32H. The highest BCUT2D eigenvalue weighted by Gasteiger charge is 2.20. The zero-order chi connectivity index (χ0) is 36.3. The third kappa shape index (κ3) is 5.34. The van der Waals surface area contributed by atoms with Crippen molar-refractivity contribution in [2.45, 2.75) is 0 Å². The van der Waals surface area contributed by atoms with Crippen molar-refractivity contribution < 1.29 is 8.83 Å². The van der Waals surface area contributed by atoms with Gasteiger partial charge in [-0.05, 0) is 99.1 Å². The van der Waals surface area contributed by atoms with Gasteiger partial charge in [-0.3, -0.25) is 0 Å². The smallest absolute Gasteiger partial charge is 0.228 e. The average molecular weight is 705 g/mol. The van der Waals surface area contributed by atoms with Crippen LogP contribution in [0.15, 0.2) is 203 Å². The fraction of sp³-hybridized carbons (Fsp3) is 0. The molecule has 4 heteroatoms. The summed E-state index contributed by atoms with van der Waals surface area (Å²) in [7, 11) is 0. The molecule has 11 rings (SSSR count). The Labute approximate surface area is 317 Å². The largest absolute Gasteiger partial charge is 0.456 e. The van der Waals surface area contributed by atoms with Gasteiger partial charge in [0.25, 0.3) is 0 Å². The molecule has 0 radical (unpaired) electrons. The van der Waals surface area contributed by atoms with Crippen LogP contribution in [-0.4, -0.2) is 4.98 Å². The molecule has 2 heterocycles. The molecular formula is C51H32N2O2. The SMILES string of the molecule is c1ccc(-c2cccc(N(c3ccc(-c4ccc5ccccc5c4)cc3)c3ccc4c(c3)oc3cccc(-c5nc6c(ccc7ccccc76)o5)c34)c2)cc1. The van der Waals surface area contributed by atoms with Crippen LogP contribution in [0.4, 0.5) is 17.1 Å². The molecule has 0 N–H and O–H groups in total. The highest BCUT2D eigenvalue weighted by molar-refractivity contribution is 6.13. The van der Waals surface area contributed by atoms with E-state index in [1.807, 2.05) is 30.3 Å². The quantitative estimate of drug-likeness (QED) is 0.173. The first kappa shape index (κ1) is 31.1. The maximum atomic E-state index is 6.63. The van der Waals surface area contributed by atoms with E-state index in [9.17, 15) is 0 Å². The number of furan rings is 1. The maximum absolute atomic E-state index is 6.63. The summed E-state index contributed by atoms with van der Waals surface area (Å²) >= 11 is 0. The predicted molar refractivity (Wildman–Crippen MR) is 227 cm³/mol. The third-order valence-electron chi connectivity index (χ3n) is 10.7. The number of benzene rings is 9. The summed E-state index contributed by atoms with van der Waals surface area (Å²) < 4.78 is 13.0. The van der Waals surface area contributed by atoms with Crippen LogP contribution in [-0.2, 0) is 0 Å². The molecule has 4 nitrogen and oxygen atoms in total. The van der Waals surface area contributed by atoms with Gasteiger partial charge in [0.2, 0.25) is 5.89 Å². The number of rotatable bonds is 6. The number of nitrogens with zero attached hydrogens (tertiary/aromatic N) is 2. The topological polar surface area (TPSA) is 42.4 Å². The van der Waals surface area contributed by atoms with Crippen LogP contribution < -0.4 is 4.90 Å². The lowest BCUT2D eigenvalue weighted by atomic mass is 10.0. The van der Waals surface area contributed by atoms with E-state index in [0.29, 0.717) is 5.89 Å². The number of anilines is 3. The molecule has 0 bridgehead atoms. The van der Waals surface area contributed by atoms with Gasteiger partial charge in [0.05, 0.1) is 0 Å². The summed E-state index contributed by atoms with van der Waals surface area (Å²) in [5, 5.41) is 6.67. The highest BCUT2D eigenvalue weighted by Crippen LogP contribution is 2.43. The first-order valence-corrected chi connectivity index (χ1v) is 18.5. The molecule has 0 aliphatic carbocycles. The van der Waals surface area contributed by atoms with Crippen LogP contribution in [0.1, 0.15) is 0 Å². The van der Waals surface area contributed by atoms with Crippen molar-refractivity contribution in [2.75, 3.05) is 4.90 Å². The van der Waals surface area contributed by atoms with E-state index in [1.165, 1.54) is 27.5 Å². The molecule has 55 heavy (non-hydrogen) atoms. The molecule has 0 fully saturated rings. The lowest BCUT2D eigenvalue weighted by Crippen LogP contribution is -2.10. The Morgan fingerprint density at radius 1 is 0.364 bits per heavy atom. The van der Waals surface area contributed by atoms with E-state index in [1.54, 1.807) is 0 Å². The van der Waals surface area contributed by atoms with Crippen LogP contribution in [0.2, 0.25) is 0 Å². The lowest BCUT2D eigenvalue weighted by molar-refractivity contribution is 0.620. The molecule has 258 valence electrons. The van der Waals surface area contributed by atoms with Crippen LogP contribution in [0, 0.1) is 0 Å². The van der Waals surface area contributed by atoms with E-state index >= 15 is 0 Å². The number of hydrogen-bond acceptors (Lipinski definition) is 4. The Morgan fingerprint density at radius 3 is 1.93 bits per heavy atom. The van der Waals surface area contributed by atoms with Crippen molar-refractivity contribution in [3.05, 3.63) is 194 Å². The fourth-order valence-corrected chi connectivity index (χ4v) is 7.98. The van der Waals surface area contributed by atoms with Crippen molar-refractivity contribution in [1.82, 2.24) is 4.98 Å². The van der Waals surface area contributed by atoms with Crippen molar-refractivity contribution in [3.8, 4) is 33.7 Å². The highest BCUT2D eigenvalue weighted by atomic mass is 16.3. The lowest BCUT2D eigenvalue weighted by Gasteiger charge is -2.26. The fourth-order valence-electron chi connectivity index (χ4n) is 7.98. The average Bonchev–Trinajstić information content (AvgIpc) is 3.86. The van der Waals surface area contributed by atoms with Crippen LogP contribution in [0.5, 0.6) is 0 Å². The molecule has 0 unspecified atom stereocenters. The van der Waals surface area contributed by atoms with Crippen molar-refractivity contribution in [1.29, 1.82) is 0 Å². The first-order valence-electron chi connectivity index (χ1n) is 18.5. The van der Waals surface area contributed by atoms with Gasteiger partial charge in [-0.15, -0.1) is 0 Å². The van der Waals surface area contributed by atoms with Crippen LogP contribution in [0.3, 0.4) is 0 Å². The van der Waals surface area contributed by atoms with E-state index < -0.39 is 0 Å². The molecule has 0 aliphatic rings. The molecule has 2 aromatic heterocycles. The van der Waals surface area contributed by atoms with E-state index in [0.717, 1.165) is 72.0 Å². The van der Waals surface area contributed by atoms with Crippen molar-refractivity contribution >= 4 is 71.6 Å². The van der Waals surface area contributed by atoms with Gasteiger partial charge in [0.1, 0.15) is 16.7 Å². The minimum absolute atomic E-state index is 0.578. The third-order valence-corrected chi connectivity index (χ3v) is 10.7. The molecule has 0 aliphatic heterocycles. The van der Waals surface area contributed by atoms with Gasteiger partial charge < -0.3 is 13.7 Å². The van der Waals surface area contributed by atoms with Crippen molar-refractivity contribution in [2.24, 2.45) is 0 Å². The number of oxazole rings is 1. The zero-order valence-corrected chi connectivity index (χ0v) is 29.7. The Balaban J connectivity index is 1.04. The summed E-state index contributed by atoms with van der Waals surface area (Å²) in [6.07, 6.45) is 0. The van der Waals surface area contributed by atoms with Gasteiger partial charge in [0, 0.05) is 44.9 Å². The maximum Gasteiger partial charge on any atom is 0.228 e. The van der Waals surface area contributed by atoms with Crippen molar-refractivity contribution in [3.63, 3.8) is 0 Å². The molecular weight excluding hydrogens is 673 g/mol. The van der Waals surface area contributed by atoms with Gasteiger partial charge in [-0.25, -0.2) is 4.98 Å². The summed E-state index contributed by atoms with van der Waals surface area (Å²) in [4.78, 5) is 7.33. The zero-order valence-electron chi connectivity index (χ0n) is 29.7. The van der Waals surface area contributed by atoms with Gasteiger partial charge in [-0.2, -0.15) is 0 Å². The van der Waals surface area contributed by atoms with E-state index in [-0.39, 0.29) is 0 Å². The molecule has 0 amide bonds. The molecule has 0 atom stereocenters. The summed E-state index contributed by atoms with van der Waals surface area (Å²) in [6.45, 7) is 0. The molecule has 11 aromatic rings. The minimum Gasteiger partial charge on any atom is -0.456 e. The molecule has 0 saturated carbocycles. The van der Waals surface area contributed by atoms with Crippen LogP contribution >= 0.6 is 0 Å². The summed E-state index contributed by atoms with van der Waals surface area (Å²) in [5.41, 5.74) is 11.9. The second-order valence-corrected chi connectivity index (χ2v) is 14.0. The molecule has 0 spiro atoms. The molecule has 9 aromatic carbocycles. The van der Waals surface area contributed by atoms with Crippen LogP contribution in [0.25, 0.3) is 88.3 Å². The van der Waals surface area contributed by atoms with Gasteiger partial charge >= 0.3 is 0 Å². The van der Waals surface area contributed by atoms with Gasteiger partial charge in [-0.1, -0.05) is 127 Å². The Morgan fingerprint density at radius 2 is 1.04 bits per heavy atom. The second-order valence-electron chi connectivity index (χ2n) is 14.0. The molecule has 0 saturated heterocycles. The normalized spacial score (nSPS) is 11.6. The van der Waals surface area contributed by atoms with Gasteiger partial charge in [0.15, 0.2) is 5.58 Å². The number of fused-ring (bicyclic) bond motifs is 7. The number of hydrogen-bond donors (Lipinski definition) is 0. The van der Waals surface area contributed by atoms with E-state index in [4.69, 9.17) is 13.8 Å². The van der Waals surface area contributed by atoms with E-state index in [2.05, 4.69) is 169 Å².